The van der Waals surface area contributed by atoms with Crippen molar-refractivity contribution in [2.75, 3.05) is 31.5 Å². The lowest BCUT2D eigenvalue weighted by Gasteiger charge is -2.37. The molecule has 10 nitrogen and oxygen atoms in total. The van der Waals surface area contributed by atoms with Crippen molar-refractivity contribution in [1.82, 2.24) is 19.8 Å². The predicted octanol–water partition coefficient (Wildman–Crippen LogP) is 0.660. The van der Waals surface area contributed by atoms with Crippen LogP contribution in [0.2, 0.25) is 0 Å². The average molecular weight is 452 g/mol. The number of nitrogens with one attached hydrogen (secondary N) is 2. The molecule has 0 aliphatic carbocycles. The van der Waals surface area contributed by atoms with Gasteiger partial charge in [-0.05, 0) is 32.2 Å². The molecule has 11 heteroatoms. The van der Waals surface area contributed by atoms with Crippen LogP contribution in [-0.4, -0.2) is 72.8 Å². The van der Waals surface area contributed by atoms with Crippen molar-refractivity contribution in [3.63, 3.8) is 0 Å². The van der Waals surface area contributed by atoms with Gasteiger partial charge in [-0.15, -0.1) is 0 Å². The minimum Gasteiger partial charge on any atom is -0.488 e. The Hall–Kier alpha value is -2.63. The minimum absolute atomic E-state index is 0.0147. The number of aliphatic hydroxyl groups excluding tert-OH is 1. The van der Waals surface area contributed by atoms with Gasteiger partial charge in [0.15, 0.2) is 5.03 Å². The average Bonchev–Trinajstić information content (AvgIpc) is 3.18. The predicted molar refractivity (Wildman–Crippen MR) is 116 cm³/mol. The number of carbonyl (C=O) groups excluding carboxylic acids is 1. The van der Waals surface area contributed by atoms with Crippen molar-refractivity contribution < 1.29 is 23.1 Å². The summed E-state index contributed by atoms with van der Waals surface area (Å²) in [6.45, 7) is 4.55. The van der Waals surface area contributed by atoms with Crippen LogP contribution >= 0.6 is 0 Å². The maximum Gasteiger partial charge on any atom is 0.280 e. The van der Waals surface area contributed by atoms with E-state index in [2.05, 4.69) is 15.0 Å². The zero-order valence-electron chi connectivity index (χ0n) is 18.1. The molecule has 2 heterocycles. The molecule has 1 aromatic heterocycles. The summed E-state index contributed by atoms with van der Waals surface area (Å²) in [5.74, 6) is 0.0544. The Bertz CT molecular complexity index is 1040. The van der Waals surface area contributed by atoms with E-state index in [4.69, 9.17) is 4.74 Å². The molecule has 1 amide bonds. The maximum atomic E-state index is 13.3. The first-order valence-corrected chi connectivity index (χ1v) is 11.5. The number of hydrogen-bond donors (Lipinski definition) is 3. The number of sulfonamides is 1. The molecule has 3 atom stereocenters. The van der Waals surface area contributed by atoms with E-state index in [0.717, 1.165) is 0 Å². The molecule has 2 aromatic rings. The molecule has 0 spiro atoms. The lowest BCUT2D eigenvalue weighted by Crippen LogP contribution is -2.49. The van der Waals surface area contributed by atoms with E-state index in [0.29, 0.717) is 18.8 Å². The number of carbonyl (C=O) groups is 1. The number of nitrogens with zero attached hydrogens (tertiary/aromatic N) is 3. The zero-order chi connectivity index (χ0) is 22.8. The van der Waals surface area contributed by atoms with Gasteiger partial charge in [0.2, 0.25) is 0 Å². The summed E-state index contributed by atoms with van der Waals surface area (Å²) in [4.78, 5) is 18.8. The minimum atomic E-state index is -3.91. The fraction of sp³-hybridized carbons (Fsp3) is 0.500. The highest BCUT2D eigenvalue weighted by atomic mass is 32.2. The van der Waals surface area contributed by atoms with Gasteiger partial charge in [0.1, 0.15) is 11.9 Å². The summed E-state index contributed by atoms with van der Waals surface area (Å²) in [7, 11) is -0.416. The number of rotatable bonds is 7. The molecule has 1 aliphatic heterocycles. The standard InChI is InChI=1S/C20H29N5O5S/c1-13-9-25(14(2)11-26)20(27)16-7-15(5-6-17(16)30-18(13)8-21-3)23-31(28,29)19-10-24(4)12-22-19/h5-7,10,12-14,18,21,23,26H,8-9,11H2,1-4H3/t13-,14+,18-/m1/s1. The third kappa shape index (κ3) is 5.00. The Morgan fingerprint density at radius 3 is 2.74 bits per heavy atom. The van der Waals surface area contributed by atoms with Gasteiger partial charge < -0.3 is 24.6 Å². The van der Waals surface area contributed by atoms with E-state index < -0.39 is 16.1 Å². The second-order valence-corrected chi connectivity index (χ2v) is 9.50. The molecule has 3 rings (SSSR count). The van der Waals surface area contributed by atoms with Gasteiger partial charge in [0, 0.05) is 37.9 Å². The van der Waals surface area contributed by atoms with Crippen molar-refractivity contribution in [3.8, 4) is 5.75 Å². The van der Waals surface area contributed by atoms with Gasteiger partial charge in [-0.1, -0.05) is 6.92 Å². The molecule has 0 unspecified atom stereocenters. The molecule has 0 bridgehead atoms. The molecule has 1 aliphatic rings. The SMILES string of the molecule is CNC[C@H]1Oc2ccc(NS(=O)(=O)c3cn(C)cn3)cc2C(=O)N([C@@H](C)CO)C[C@H]1C. The van der Waals surface area contributed by atoms with Gasteiger partial charge in [-0.3, -0.25) is 9.52 Å². The van der Waals surface area contributed by atoms with Crippen LogP contribution in [0.1, 0.15) is 24.2 Å². The molecular weight excluding hydrogens is 422 g/mol. The normalized spacial score (nSPS) is 20.4. The van der Waals surface area contributed by atoms with E-state index >= 15 is 0 Å². The van der Waals surface area contributed by atoms with Crippen molar-refractivity contribution in [3.05, 3.63) is 36.3 Å². The van der Waals surface area contributed by atoms with Crippen molar-refractivity contribution in [2.24, 2.45) is 13.0 Å². The first kappa shape index (κ1) is 23.0. The van der Waals surface area contributed by atoms with Crippen LogP contribution in [0.3, 0.4) is 0 Å². The van der Waals surface area contributed by atoms with Crippen molar-refractivity contribution in [2.45, 2.75) is 31.0 Å². The highest BCUT2D eigenvalue weighted by Crippen LogP contribution is 2.31. The number of imidazole rings is 1. The van der Waals surface area contributed by atoms with Crippen LogP contribution in [-0.2, 0) is 17.1 Å². The van der Waals surface area contributed by atoms with Crippen LogP contribution in [0.15, 0.2) is 35.7 Å². The molecular formula is C20H29N5O5S. The van der Waals surface area contributed by atoms with Crippen molar-refractivity contribution in [1.29, 1.82) is 0 Å². The van der Waals surface area contributed by atoms with Gasteiger partial charge >= 0.3 is 0 Å². The quantitative estimate of drug-likeness (QED) is 0.565. The first-order valence-electron chi connectivity index (χ1n) is 10.0. The third-order valence-corrected chi connectivity index (χ3v) is 6.54. The Morgan fingerprint density at radius 2 is 2.13 bits per heavy atom. The summed E-state index contributed by atoms with van der Waals surface area (Å²) in [6.07, 6.45) is 2.57. The number of hydrogen-bond acceptors (Lipinski definition) is 7. The number of aryl methyl sites for hydroxylation is 1. The van der Waals surface area contributed by atoms with E-state index in [1.54, 1.807) is 31.0 Å². The molecule has 0 saturated heterocycles. The Kier molecular flexibility index (Phi) is 6.87. The first-order chi connectivity index (χ1) is 14.7. The number of anilines is 1. The number of amides is 1. The van der Waals surface area contributed by atoms with Gasteiger partial charge in [-0.25, -0.2) is 4.98 Å². The lowest BCUT2D eigenvalue weighted by molar-refractivity contribution is 0.0416. The number of aromatic nitrogens is 2. The van der Waals surface area contributed by atoms with Gasteiger partial charge in [-0.2, -0.15) is 8.42 Å². The monoisotopic (exact) mass is 451 g/mol. The van der Waals surface area contributed by atoms with Crippen molar-refractivity contribution >= 4 is 21.6 Å². The number of likely N-dealkylation sites (N-methyl/N-ethyl adjacent to an activating group) is 1. The molecule has 0 fully saturated rings. The highest BCUT2D eigenvalue weighted by molar-refractivity contribution is 7.92. The summed E-state index contributed by atoms with van der Waals surface area (Å²) >= 11 is 0. The second-order valence-electron chi connectivity index (χ2n) is 7.87. The van der Waals surface area contributed by atoms with Crippen LogP contribution in [0.4, 0.5) is 5.69 Å². The van der Waals surface area contributed by atoms with Crippen LogP contribution in [0, 0.1) is 5.92 Å². The molecule has 31 heavy (non-hydrogen) atoms. The van der Waals surface area contributed by atoms with Gasteiger partial charge in [0.25, 0.3) is 15.9 Å². The Morgan fingerprint density at radius 1 is 1.39 bits per heavy atom. The summed E-state index contributed by atoms with van der Waals surface area (Å²) in [5.41, 5.74) is 0.450. The third-order valence-electron chi connectivity index (χ3n) is 5.28. The number of fused-ring (bicyclic) bond motifs is 1. The number of ether oxygens (including phenoxy) is 1. The number of aliphatic hydroxyl groups is 1. The fourth-order valence-corrected chi connectivity index (χ4v) is 4.50. The summed E-state index contributed by atoms with van der Waals surface area (Å²) in [6, 6.07) is 4.20. The second kappa shape index (κ2) is 9.25. The Balaban J connectivity index is 2.00. The zero-order valence-corrected chi connectivity index (χ0v) is 18.9. The van der Waals surface area contributed by atoms with E-state index in [9.17, 15) is 18.3 Å². The molecule has 0 radical (unpaired) electrons. The molecule has 1 aromatic carbocycles. The highest BCUT2D eigenvalue weighted by Gasteiger charge is 2.33. The largest absolute Gasteiger partial charge is 0.488 e. The van der Waals surface area contributed by atoms with E-state index in [1.165, 1.54) is 23.2 Å². The van der Waals surface area contributed by atoms with Crippen LogP contribution in [0.25, 0.3) is 0 Å². The van der Waals surface area contributed by atoms with Crippen LogP contribution < -0.4 is 14.8 Å². The smallest absolute Gasteiger partial charge is 0.280 e. The van der Waals surface area contributed by atoms with E-state index in [-0.39, 0.29) is 40.8 Å². The van der Waals surface area contributed by atoms with E-state index in [1.807, 2.05) is 14.0 Å². The fourth-order valence-electron chi connectivity index (χ4n) is 3.47. The lowest BCUT2D eigenvalue weighted by atomic mass is 9.99. The summed E-state index contributed by atoms with van der Waals surface area (Å²) < 4.78 is 35.4. The topological polar surface area (TPSA) is 126 Å². The molecule has 0 saturated carbocycles. The molecule has 3 N–H and O–H groups in total. The number of benzene rings is 1. The van der Waals surface area contributed by atoms with Crippen LogP contribution in [0.5, 0.6) is 5.75 Å². The Labute approximate surface area is 182 Å². The maximum absolute atomic E-state index is 13.3. The molecule has 170 valence electrons. The van der Waals surface area contributed by atoms with Gasteiger partial charge in [0.05, 0.1) is 24.5 Å². The summed E-state index contributed by atoms with van der Waals surface area (Å²) in [5, 5.41) is 12.6.